The Hall–Kier alpha value is -2.13. The van der Waals surface area contributed by atoms with Gasteiger partial charge in [0.05, 0.1) is 17.6 Å². The minimum atomic E-state index is -0.678. The third-order valence-electron chi connectivity index (χ3n) is 3.26. The number of hydrogen-bond donors (Lipinski definition) is 3. The van der Waals surface area contributed by atoms with Crippen molar-refractivity contribution in [1.29, 1.82) is 0 Å². The number of carbonyl (C=O) groups excluding carboxylic acids is 1. The Morgan fingerprint density at radius 2 is 2.04 bits per heavy atom. The molecular weight excluding hydrogens is 352 g/mol. The van der Waals surface area contributed by atoms with E-state index in [9.17, 15) is 20.0 Å². The van der Waals surface area contributed by atoms with Gasteiger partial charge in [0.2, 0.25) is 5.15 Å². The molecule has 0 radical (unpaired) electrons. The molecule has 1 amide bonds. The molecule has 140 valence electrons. The largest absolute Gasteiger partial charge is 0.444 e. The molecule has 0 aliphatic carbocycles. The van der Waals surface area contributed by atoms with Crippen molar-refractivity contribution in [2.75, 3.05) is 18.5 Å². The topological polar surface area (TPSA) is 127 Å². The zero-order valence-electron chi connectivity index (χ0n) is 14.8. The van der Waals surface area contributed by atoms with E-state index in [0.29, 0.717) is 11.3 Å². The first-order valence-corrected chi connectivity index (χ1v) is 7.99. The number of rotatable bonds is 6. The fourth-order valence-electron chi connectivity index (χ4n) is 1.97. The minimum Gasteiger partial charge on any atom is -0.444 e. The molecule has 1 rings (SSSR count). The number of nitrogens with zero attached hydrogens (tertiary/aromatic N) is 2. The van der Waals surface area contributed by atoms with Crippen LogP contribution in [0.25, 0.3) is 0 Å². The number of aromatic nitrogens is 1. The molecule has 0 aromatic carbocycles. The number of nitro groups is 1. The number of aliphatic hydroxyl groups excluding tert-OH is 1. The second-order valence-electron chi connectivity index (χ2n) is 6.50. The van der Waals surface area contributed by atoms with Gasteiger partial charge in [-0.05, 0) is 34.6 Å². The van der Waals surface area contributed by atoms with Crippen molar-refractivity contribution in [2.45, 2.75) is 46.3 Å². The number of halogens is 1. The number of pyridine rings is 1. The molecule has 0 saturated heterocycles. The molecule has 1 heterocycles. The van der Waals surface area contributed by atoms with Crippen LogP contribution in [0.2, 0.25) is 5.15 Å². The Kier molecular flexibility index (Phi) is 6.95. The van der Waals surface area contributed by atoms with Gasteiger partial charge in [-0.2, -0.15) is 0 Å². The highest BCUT2D eigenvalue weighted by atomic mass is 35.5. The van der Waals surface area contributed by atoms with Crippen LogP contribution in [0, 0.1) is 24.0 Å². The van der Waals surface area contributed by atoms with Crippen molar-refractivity contribution in [1.82, 2.24) is 10.3 Å². The van der Waals surface area contributed by atoms with E-state index in [4.69, 9.17) is 16.3 Å². The maximum Gasteiger partial charge on any atom is 0.407 e. The molecule has 1 atom stereocenters. The number of amides is 1. The summed E-state index contributed by atoms with van der Waals surface area (Å²) in [7, 11) is 0. The smallest absolute Gasteiger partial charge is 0.407 e. The minimum absolute atomic E-state index is 0.000989. The first-order chi connectivity index (χ1) is 11.5. The summed E-state index contributed by atoms with van der Waals surface area (Å²) in [5.74, 6) is 0. The fraction of sp³-hybridized carbons (Fsp3) is 0.600. The number of nitrogens with one attached hydrogen (secondary N) is 2. The predicted molar refractivity (Wildman–Crippen MR) is 94.1 cm³/mol. The zero-order valence-corrected chi connectivity index (χ0v) is 15.6. The van der Waals surface area contributed by atoms with Gasteiger partial charge in [0.25, 0.3) is 0 Å². The average molecular weight is 375 g/mol. The summed E-state index contributed by atoms with van der Waals surface area (Å²) in [5.41, 5.74) is 0.187. The number of alkyl carbamates (subject to hydrolysis) is 1. The summed E-state index contributed by atoms with van der Waals surface area (Å²) in [6.07, 6.45) is -0.650. The number of carbonyl (C=O) groups is 1. The summed E-state index contributed by atoms with van der Waals surface area (Å²) < 4.78 is 5.11. The molecule has 0 aliphatic rings. The van der Waals surface area contributed by atoms with Crippen molar-refractivity contribution in [3.05, 3.63) is 26.5 Å². The number of hydrogen-bond acceptors (Lipinski definition) is 7. The molecule has 9 nitrogen and oxygen atoms in total. The quantitative estimate of drug-likeness (QED) is 0.396. The molecule has 0 bridgehead atoms. The van der Waals surface area contributed by atoms with Gasteiger partial charge in [0.1, 0.15) is 11.3 Å². The molecule has 1 unspecified atom stereocenters. The van der Waals surface area contributed by atoms with Crippen LogP contribution >= 0.6 is 11.6 Å². The summed E-state index contributed by atoms with van der Waals surface area (Å²) in [5, 5.41) is 25.9. The Morgan fingerprint density at radius 3 is 2.52 bits per heavy atom. The van der Waals surface area contributed by atoms with Gasteiger partial charge in [-0.25, -0.2) is 9.78 Å². The van der Waals surface area contributed by atoms with Crippen LogP contribution in [0.1, 0.15) is 32.0 Å². The van der Waals surface area contributed by atoms with Gasteiger partial charge in [0, 0.05) is 17.8 Å². The molecule has 0 saturated carbocycles. The molecule has 0 fully saturated rings. The number of aliphatic hydroxyl groups is 1. The summed E-state index contributed by atoms with van der Waals surface area (Å²) in [4.78, 5) is 26.3. The van der Waals surface area contributed by atoms with Crippen LogP contribution < -0.4 is 10.6 Å². The van der Waals surface area contributed by atoms with Crippen LogP contribution in [-0.4, -0.2) is 45.9 Å². The Balaban J connectivity index is 2.95. The highest BCUT2D eigenvalue weighted by molar-refractivity contribution is 6.32. The van der Waals surface area contributed by atoms with E-state index in [-0.39, 0.29) is 29.7 Å². The highest BCUT2D eigenvalue weighted by Crippen LogP contribution is 2.35. The number of anilines is 1. The normalized spacial score (nSPS) is 12.4. The van der Waals surface area contributed by atoms with Gasteiger partial charge in [0.15, 0.2) is 0 Å². The zero-order chi connectivity index (χ0) is 19.4. The highest BCUT2D eigenvalue weighted by Gasteiger charge is 2.26. The predicted octanol–water partition coefficient (Wildman–Crippen LogP) is 2.56. The van der Waals surface area contributed by atoms with Crippen LogP contribution in [0.5, 0.6) is 0 Å². The van der Waals surface area contributed by atoms with E-state index >= 15 is 0 Å². The van der Waals surface area contributed by atoms with Crippen molar-refractivity contribution in [3.8, 4) is 0 Å². The van der Waals surface area contributed by atoms with Crippen molar-refractivity contribution >= 4 is 29.1 Å². The van der Waals surface area contributed by atoms with Crippen LogP contribution in [-0.2, 0) is 4.74 Å². The van der Waals surface area contributed by atoms with E-state index in [2.05, 4.69) is 15.6 Å². The summed E-state index contributed by atoms with van der Waals surface area (Å²) >= 11 is 5.88. The average Bonchev–Trinajstić information content (AvgIpc) is 2.45. The van der Waals surface area contributed by atoms with Gasteiger partial charge >= 0.3 is 11.8 Å². The molecule has 25 heavy (non-hydrogen) atoms. The first kappa shape index (κ1) is 20.9. The maximum atomic E-state index is 11.7. The lowest BCUT2D eigenvalue weighted by atomic mass is 10.1. The van der Waals surface area contributed by atoms with Crippen LogP contribution in [0.4, 0.5) is 16.2 Å². The molecule has 1 aromatic rings. The number of ether oxygens (including phenoxy) is 1. The lowest BCUT2D eigenvalue weighted by molar-refractivity contribution is -0.384. The second kappa shape index (κ2) is 8.30. The molecule has 3 N–H and O–H groups in total. The lowest BCUT2D eigenvalue weighted by Gasteiger charge is -2.23. The molecule has 10 heteroatoms. The number of aryl methyl sites for hydroxylation is 1. The molecule has 0 spiro atoms. The Labute approximate surface area is 150 Å². The fourth-order valence-corrected chi connectivity index (χ4v) is 2.27. The SMILES string of the molecule is Cc1nc(Cl)c([N+](=O)[O-])c(NC(CO)CNC(=O)OC(C)(C)C)c1C. The van der Waals surface area contributed by atoms with Crippen molar-refractivity contribution in [2.24, 2.45) is 0 Å². The van der Waals surface area contributed by atoms with E-state index in [1.807, 2.05) is 0 Å². The first-order valence-electron chi connectivity index (χ1n) is 7.61. The maximum absolute atomic E-state index is 11.7. The monoisotopic (exact) mass is 374 g/mol. The van der Waals surface area contributed by atoms with Crippen LogP contribution in [0.3, 0.4) is 0 Å². The van der Waals surface area contributed by atoms with Gasteiger partial charge < -0.3 is 20.5 Å². The van der Waals surface area contributed by atoms with E-state index < -0.39 is 22.7 Å². The Bertz CT molecular complexity index is 660. The molecule has 0 aliphatic heterocycles. The van der Waals surface area contributed by atoms with Crippen molar-refractivity contribution < 1.29 is 19.6 Å². The van der Waals surface area contributed by atoms with E-state index in [1.165, 1.54) is 0 Å². The summed E-state index contributed by atoms with van der Waals surface area (Å²) in [6.45, 7) is 8.13. The lowest BCUT2D eigenvalue weighted by Crippen LogP contribution is -2.41. The third kappa shape index (κ3) is 6.02. The molecular formula is C15H23ClN4O5. The second-order valence-corrected chi connectivity index (χ2v) is 6.86. The van der Waals surface area contributed by atoms with Gasteiger partial charge in [-0.15, -0.1) is 0 Å². The van der Waals surface area contributed by atoms with Crippen molar-refractivity contribution in [3.63, 3.8) is 0 Å². The van der Waals surface area contributed by atoms with E-state index in [1.54, 1.807) is 34.6 Å². The Morgan fingerprint density at radius 1 is 1.44 bits per heavy atom. The van der Waals surface area contributed by atoms with E-state index in [0.717, 1.165) is 0 Å². The standard InChI is InChI=1S/C15H23ClN4O5/c1-8-9(2)18-13(16)12(20(23)24)11(8)19-10(7-21)6-17-14(22)25-15(3,4)5/h10,21H,6-7H2,1-5H3,(H,17,22)(H,18,19). The van der Waals surface area contributed by atoms with Gasteiger partial charge in [-0.1, -0.05) is 11.6 Å². The van der Waals surface area contributed by atoms with Crippen LogP contribution in [0.15, 0.2) is 0 Å². The third-order valence-corrected chi connectivity index (χ3v) is 3.52. The van der Waals surface area contributed by atoms with Gasteiger partial charge in [-0.3, -0.25) is 10.1 Å². The summed E-state index contributed by atoms with van der Waals surface area (Å²) in [6, 6.07) is -0.678. The molecule has 1 aromatic heterocycles.